The fourth-order valence-corrected chi connectivity index (χ4v) is 4.42. The molecule has 0 radical (unpaired) electrons. The fraction of sp³-hybridized carbons (Fsp3) is 0.481. The summed E-state index contributed by atoms with van der Waals surface area (Å²) in [6, 6.07) is 9.06. The summed E-state index contributed by atoms with van der Waals surface area (Å²) < 4.78 is 25.0. The highest BCUT2D eigenvalue weighted by molar-refractivity contribution is 6.02. The lowest BCUT2D eigenvalue weighted by atomic mass is 9.93. The molecule has 0 aliphatic heterocycles. The molecular formula is C27H36FN3O5. The maximum atomic E-state index is 14.4. The fourth-order valence-electron chi connectivity index (χ4n) is 4.42. The number of carboxylic acids is 1. The first-order valence-corrected chi connectivity index (χ1v) is 12.4. The van der Waals surface area contributed by atoms with Crippen LogP contribution in [-0.2, 0) is 4.79 Å². The number of aliphatic carboxylic acids is 1. The molecule has 196 valence electrons. The standard InChI is InChI=1S/C27H36FN3O5/c1-17(2)16-31(19-8-6-5-7-9-19)25-13-11-21(36-18(3)26(32)33)15-24(25)30-27(34)29-23-12-10-20(35-4)14-22(23)28/h10-15,17-19H,5-9,16H2,1-4H3,(H,32,33)(H2,29,30,34). The van der Waals surface area contributed by atoms with Crippen LogP contribution in [0.4, 0.5) is 26.2 Å². The SMILES string of the molecule is COc1ccc(NC(=O)Nc2cc(OC(C)C(=O)O)ccc2N(CC(C)C)C2CCCCC2)c(F)c1. The number of ether oxygens (including phenoxy) is 2. The van der Waals surface area contributed by atoms with Gasteiger partial charge in [0, 0.05) is 24.7 Å². The third kappa shape index (κ3) is 7.26. The molecular weight excluding hydrogens is 465 g/mol. The van der Waals surface area contributed by atoms with Crippen molar-refractivity contribution in [2.75, 3.05) is 29.2 Å². The molecule has 2 amide bonds. The van der Waals surface area contributed by atoms with Crippen LogP contribution in [0.5, 0.6) is 11.5 Å². The Morgan fingerprint density at radius 2 is 1.69 bits per heavy atom. The Morgan fingerprint density at radius 3 is 2.31 bits per heavy atom. The summed E-state index contributed by atoms with van der Waals surface area (Å²) in [5.74, 6) is -0.682. The topological polar surface area (TPSA) is 100 Å². The summed E-state index contributed by atoms with van der Waals surface area (Å²) >= 11 is 0. The van der Waals surface area contributed by atoms with Crippen molar-refractivity contribution < 1.29 is 28.6 Å². The van der Waals surface area contributed by atoms with Crippen molar-refractivity contribution >= 4 is 29.1 Å². The Bertz CT molecular complexity index is 1060. The van der Waals surface area contributed by atoms with Crippen molar-refractivity contribution in [3.8, 4) is 11.5 Å². The minimum Gasteiger partial charge on any atom is -0.497 e. The van der Waals surface area contributed by atoms with Gasteiger partial charge in [0.2, 0.25) is 0 Å². The Hall–Kier alpha value is -3.49. The number of carbonyl (C=O) groups excluding carboxylic acids is 1. The number of rotatable bonds is 10. The quantitative estimate of drug-likeness (QED) is 0.362. The molecule has 1 unspecified atom stereocenters. The zero-order valence-corrected chi connectivity index (χ0v) is 21.3. The molecule has 1 aliphatic carbocycles. The molecule has 0 heterocycles. The van der Waals surface area contributed by atoms with Crippen LogP contribution in [0.1, 0.15) is 52.9 Å². The second-order valence-corrected chi connectivity index (χ2v) is 9.54. The number of urea groups is 1. The molecule has 2 aromatic rings. The van der Waals surface area contributed by atoms with Crippen molar-refractivity contribution in [3.05, 3.63) is 42.2 Å². The number of amides is 2. The van der Waals surface area contributed by atoms with Gasteiger partial charge in [0.05, 0.1) is 24.2 Å². The summed E-state index contributed by atoms with van der Waals surface area (Å²) in [4.78, 5) is 26.5. The van der Waals surface area contributed by atoms with Crippen LogP contribution in [0.2, 0.25) is 0 Å². The van der Waals surface area contributed by atoms with Gasteiger partial charge in [0.15, 0.2) is 6.10 Å². The molecule has 0 spiro atoms. The zero-order chi connectivity index (χ0) is 26.2. The Balaban J connectivity index is 1.92. The van der Waals surface area contributed by atoms with E-state index in [1.165, 1.54) is 32.6 Å². The number of anilines is 3. The first kappa shape index (κ1) is 27.1. The van der Waals surface area contributed by atoms with Crippen LogP contribution >= 0.6 is 0 Å². The summed E-state index contributed by atoms with van der Waals surface area (Å²) in [5.41, 5.74) is 1.28. The smallest absolute Gasteiger partial charge is 0.344 e. The molecule has 1 saturated carbocycles. The number of nitrogens with one attached hydrogen (secondary N) is 2. The first-order chi connectivity index (χ1) is 17.2. The van der Waals surface area contributed by atoms with Gasteiger partial charge in [-0.1, -0.05) is 33.1 Å². The number of nitrogens with zero attached hydrogens (tertiary/aromatic N) is 1. The number of methoxy groups -OCH3 is 1. The average molecular weight is 502 g/mol. The van der Waals surface area contributed by atoms with E-state index in [0.717, 1.165) is 37.9 Å². The number of benzene rings is 2. The van der Waals surface area contributed by atoms with Gasteiger partial charge in [0.1, 0.15) is 17.3 Å². The lowest BCUT2D eigenvalue weighted by molar-refractivity contribution is -0.144. The number of hydrogen-bond donors (Lipinski definition) is 3. The summed E-state index contributed by atoms with van der Waals surface area (Å²) in [5, 5.41) is 14.6. The first-order valence-electron chi connectivity index (χ1n) is 12.4. The second-order valence-electron chi connectivity index (χ2n) is 9.54. The molecule has 3 N–H and O–H groups in total. The van der Waals surface area contributed by atoms with E-state index >= 15 is 0 Å². The molecule has 8 nitrogen and oxygen atoms in total. The van der Waals surface area contributed by atoms with E-state index in [-0.39, 0.29) is 5.69 Å². The monoisotopic (exact) mass is 501 g/mol. The molecule has 1 fully saturated rings. The predicted molar refractivity (Wildman–Crippen MR) is 139 cm³/mol. The Morgan fingerprint density at radius 1 is 1.03 bits per heavy atom. The maximum absolute atomic E-state index is 14.4. The van der Waals surface area contributed by atoms with E-state index in [4.69, 9.17) is 9.47 Å². The minimum atomic E-state index is -1.09. The lowest BCUT2D eigenvalue weighted by Gasteiger charge is -2.38. The molecule has 2 aromatic carbocycles. The highest BCUT2D eigenvalue weighted by atomic mass is 19.1. The molecule has 1 aliphatic rings. The molecule has 0 bridgehead atoms. The van der Waals surface area contributed by atoms with Crippen molar-refractivity contribution in [1.82, 2.24) is 0 Å². The van der Waals surface area contributed by atoms with Crippen LogP contribution in [0, 0.1) is 11.7 Å². The zero-order valence-electron chi connectivity index (χ0n) is 21.3. The van der Waals surface area contributed by atoms with E-state index in [9.17, 15) is 19.1 Å². The number of carbonyl (C=O) groups is 2. The van der Waals surface area contributed by atoms with Crippen molar-refractivity contribution in [2.45, 2.75) is 65.0 Å². The van der Waals surface area contributed by atoms with Gasteiger partial charge in [-0.05, 0) is 49.9 Å². The Labute approximate surface area is 211 Å². The lowest BCUT2D eigenvalue weighted by Crippen LogP contribution is -2.40. The third-order valence-corrected chi connectivity index (χ3v) is 6.19. The summed E-state index contributed by atoms with van der Waals surface area (Å²) in [6.45, 7) is 6.53. The Kier molecular flexibility index (Phi) is 9.38. The van der Waals surface area contributed by atoms with Crippen LogP contribution in [0.15, 0.2) is 36.4 Å². The van der Waals surface area contributed by atoms with Gasteiger partial charge in [0.25, 0.3) is 0 Å². The van der Waals surface area contributed by atoms with Crippen LogP contribution in [0.25, 0.3) is 0 Å². The minimum absolute atomic E-state index is 0.00747. The van der Waals surface area contributed by atoms with E-state index in [2.05, 4.69) is 29.4 Å². The number of halogens is 1. The van der Waals surface area contributed by atoms with Crippen LogP contribution < -0.4 is 25.0 Å². The normalized spacial score (nSPS) is 14.7. The largest absolute Gasteiger partial charge is 0.497 e. The van der Waals surface area contributed by atoms with Gasteiger partial charge < -0.3 is 30.1 Å². The summed E-state index contributed by atoms with van der Waals surface area (Å²) in [7, 11) is 1.44. The van der Waals surface area contributed by atoms with Gasteiger partial charge in [-0.3, -0.25) is 0 Å². The molecule has 0 aromatic heterocycles. The highest BCUT2D eigenvalue weighted by Gasteiger charge is 2.25. The van der Waals surface area contributed by atoms with Gasteiger partial charge in [-0.15, -0.1) is 0 Å². The highest BCUT2D eigenvalue weighted by Crippen LogP contribution is 2.36. The van der Waals surface area contributed by atoms with Crippen LogP contribution in [-0.4, -0.2) is 42.9 Å². The predicted octanol–water partition coefficient (Wildman–Crippen LogP) is 6.13. The molecule has 36 heavy (non-hydrogen) atoms. The molecule has 9 heteroatoms. The third-order valence-electron chi connectivity index (χ3n) is 6.19. The summed E-state index contributed by atoms with van der Waals surface area (Å²) in [6.07, 6.45) is 4.57. The second kappa shape index (κ2) is 12.5. The van der Waals surface area contributed by atoms with Crippen molar-refractivity contribution in [1.29, 1.82) is 0 Å². The molecule has 1 atom stereocenters. The maximum Gasteiger partial charge on any atom is 0.344 e. The van der Waals surface area contributed by atoms with Gasteiger partial charge in [-0.25, -0.2) is 14.0 Å². The molecule has 3 rings (SSSR count). The van der Waals surface area contributed by atoms with Gasteiger partial charge >= 0.3 is 12.0 Å². The van der Waals surface area contributed by atoms with Crippen molar-refractivity contribution in [2.24, 2.45) is 5.92 Å². The average Bonchev–Trinajstić information content (AvgIpc) is 2.84. The van der Waals surface area contributed by atoms with Gasteiger partial charge in [-0.2, -0.15) is 0 Å². The van der Waals surface area contributed by atoms with E-state index in [1.807, 2.05) is 6.07 Å². The van der Waals surface area contributed by atoms with E-state index in [1.54, 1.807) is 18.2 Å². The van der Waals surface area contributed by atoms with Crippen LogP contribution in [0.3, 0.4) is 0 Å². The number of hydrogen-bond acceptors (Lipinski definition) is 5. The van der Waals surface area contributed by atoms with E-state index < -0.39 is 23.9 Å². The van der Waals surface area contributed by atoms with Crippen molar-refractivity contribution in [3.63, 3.8) is 0 Å². The van der Waals surface area contributed by atoms with E-state index in [0.29, 0.717) is 29.1 Å². The molecule has 0 saturated heterocycles. The number of carboxylic acid groups (broad SMARTS) is 1.